The maximum absolute atomic E-state index is 13.5. The van der Waals surface area contributed by atoms with Crippen molar-refractivity contribution in [2.45, 2.75) is 62.1 Å². The number of aryl methyl sites for hydroxylation is 2. The SMILES string of the molecule is CCCCCCC(Nc1ccccc1CCc1ccc(C(=O)O)cc1)S(=O)(=O)c1ccc(F)cc1. The smallest absolute Gasteiger partial charge is 0.335 e. The van der Waals surface area contributed by atoms with Crippen LogP contribution in [0.4, 0.5) is 10.1 Å². The van der Waals surface area contributed by atoms with Gasteiger partial charge in [-0.2, -0.15) is 0 Å². The van der Waals surface area contributed by atoms with Crippen molar-refractivity contribution in [1.82, 2.24) is 0 Å². The first-order valence-corrected chi connectivity index (χ1v) is 13.5. The molecule has 0 aliphatic rings. The van der Waals surface area contributed by atoms with Crippen LogP contribution in [-0.2, 0) is 22.7 Å². The van der Waals surface area contributed by atoms with E-state index in [0.29, 0.717) is 19.3 Å². The second-order valence-electron chi connectivity index (χ2n) is 8.64. The van der Waals surface area contributed by atoms with Crippen molar-refractivity contribution in [3.05, 3.63) is 95.3 Å². The summed E-state index contributed by atoms with van der Waals surface area (Å²) in [7, 11) is -3.73. The van der Waals surface area contributed by atoms with Gasteiger partial charge in [0.2, 0.25) is 0 Å². The summed E-state index contributed by atoms with van der Waals surface area (Å²) in [5.74, 6) is -1.43. The fourth-order valence-corrected chi connectivity index (χ4v) is 5.60. The van der Waals surface area contributed by atoms with Gasteiger partial charge in [-0.3, -0.25) is 0 Å². The number of rotatable bonds is 13. The summed E-state index contributed by atoms with van der Waals surface area (Å²) in [4.78, 5) is 11.2. The molecular weight excluding hydrogens is 465 g/mol. The molecule has 3 aromatic rings. The summed E-state index contributed by atoms with van der Waals surface area (Å²) in [6, 6.07) is 19.4. The van der Waals surface area contributed by atoms with Crippen LogP contribution in [0, 0.1) is 5.82 Å². The molecule has 1 unspecified atom stereocenters. The van der Waals surface area contributed by atoms with Crippen molar-refractivity contribution in [3.63, 3.8) is 0 Å². The molecule has 3 rings (SSSR count). The van der Waals surface area contributed by atoms with Crippen LogP contribution in [0.3, 0.4) is 0 Å². The van der Waals surface area contributed by atoms with E-state index in [9.17, 15) is 17.6 Å². The van der Waals surface area contributed by atoms with Crippen molar-refractivity contribution in [2.75, 3.05) is 5.32 Å². The number of carboxylic acid groups (broad SMARTS) is 1. The second-order valence-corrected chi connectivity index (χ2v) is 10.8. The first-order valence-electron chi connectivity index (χ1n) is 12.0. The molecule has 0 aromatic heterocycles. The predicted octanol–water partition coefficient (Wildman–Crippen LogP) is 6.49. The second kappa shape index (κ2) is 12.5. The highest BCUT2D eigenvalue weighted by Gasteiger charge is 2.27. The summed E-state index contributed by atoms with van der Waals surface area (Å²) in [5, 5.41) is 11.5. The van der Waals surface area contributed by atoms with Crippen LogP contribution >= 0.6 is 0 Å². The van der Waals surface area contributed by atoms with E-state index in [1.165, 1.54) is 24.3 Å². The van der Waals surface area contributed by atoms with Crippen LogP contribution in [-0.4, -0.2) is 24.9 Å². The van der Waals surface area contributed by atoms with Crippen molar-refractivity contribution in [1.29, 1.82) is 0 Å². The number of nitrogens with one attached hydrogen (secondary N) is 1. The Balaban J connectivity index is 1.80. The monoisotopic (exact) mass is 497 g/mol. The van der Waals surface area contributed by atoms with Gasteiger partial charge in [0.05, 0.1) is 10.5 Å². The molecule has 35 heavy (non-hydrogen) atoms. The third kappa shape index (κ3) is 7.39. The maximum atomic E-state index is 13.5. The number of carbonyl (C=O) groups is 1. The van der Waals surface area contributed by atoms with Gasteiger partial charge in [-0.25, -0.2) is 17.6 Å². The van der Waals surface area contributed by atoms with Crippen LogP contribution in [0.15, 0.2) is 77.7 Å². The fourth-order valence-electron chi connectivity index (χ4n) is 4.00. The summed E-state index contributed by atoms with van der Waals surface area (Å²) in [6.07, 6.45) is 5.61. The van der Waals surface area contributed by atoms with Gasteiger partial charge in [0, 0.05) is 5.69 Å². The van der Waals surface area contributed by atoms with Crippen LogP contribution in [0.5, 0.6) is 0 Å². The van der Waals surface area contributed by atoms with Gasteiger partial charge in [-0.05, 0) is 72.9 Å². The summed E-state index contributed by atoms with van der Waals surface area (Å²) in [5.41, 5.74) is 2.97. The Morgan fingerprint density at radius 2 is 1.60 bits per heavy atom. The molecule has 0 saturated carbocycles. The number of hydrogen-bond acceptors (Lipinski definition) is 4. The third-order valence-corrected chi connectivity index (χ3v) is 8.09. The van der Waals surface area contributed by atoms with E-state index in [2.05, 4.69) is 12.2 Å². The number of carboxylic acids is 1. The number of hydrogen-bond donors (Lipinski definition) is 2. The quantitative estimate of drug-likeness (QED) is 0.208. The molecule has 3 aromatic carbocycles. The first kappa shape index (κ1) is 26.4. The first-order chi connectivity index (χ1) is 16.8. The topological polar surface area (TPSA) is 83.5 Å². The molecule has 186 valence electrons. The average molecular weight is 498 g/mol. The highest BCUT2D eigenvalue weighted by Crippen LogP contribution is 2.26. The number of aromatic carboxylic acids is 1. The van der Waals surface area contributed by atoms with Gasteiger partial charge in [0.25, 0.3) is 0 Å². The van der Waals surface area contributed by atoms with Crippen molar-refractivity contribution in [2.24, 2.45) is 0 Å². The molecule has 0 fully saturated rings. The molecule has 0 aliphatic heterocycles. The summed E-state index contributed by atoms with van der Waals surface area (Å²) in [6.45, 7) is 2.11. The van der Waals surface area contributed by atoms with Crippen LogP contribution in [0.1, 0.15) is 60.5 Å². The molecule has 0 spiro atoms. The third-order valence-electron chi connectivity index (χ3n) is 6.05. The van der Waals surface area contributed by atoms with E-state index in [1.54, 1.807) is 24.3 Å². The minimum absolute atomic E-state index is 0.0999. The molecule has 5 nitrogen and oxygen atoms in total. The minimum Gasteiger partial charge on any atom is -0.478 e. The lowest BCUT2D eigenvalue weighted by molar-refractivity contribution is 0.0697. The number of benzene rings is 3. The van der Waals surface area contributed by atoms with Gasteiger partial charge in [0.15, 0.2) is 9.84 Å². The predicted molar refractivity (Wildman–Crippen MR) is 137 cm³/mol. The molecule has 0 bridgehead atoms. The lowest BCUT2D eigenvalue weighted by atomic mass is 10.0. The van der Waals surface area contributed by atoms with Crippen molar-refractivity contribution >= 4 is 21.5 Å². The summed E-state index contributed by atoms with van der Waals surface area (Å²) < 4.78 is 40.3. The number of para-hydroxylation sites is 1. The van der Waals surface area contributed by atoms with E-state index in [-0.39, 0.29) is 10.5 Å². The minimum atomic E-state index is -3.73. The standard InChI is InChI=1S/C28H32FNO4S/c1-2-3-4-5-10-27(35(33,34)25-19-17-24(29)18-20-25)30-26-9-7-6-8-22(26)14-11-21-12-15-23(16-13-21)28(31)32/h6-9,12-13,15-20,27,30H,2-5,10-11,14H2,1H3,(H,31,32). The number of halogens is 1. The van der Waals surface area contributed by atoms with Crippen molar-refractivity contribution in [3.8, 4) is 0 Å². The van der Waals surface area contributed by atoms with Gasteiger partial charge in [-0.1, -0.05) is 62.9 Å². The largest absolute Gasteiger partial charge is 0.478 e. The Labute approximate surface area is 206 Å². The molecule has 0 aliphatic carbocycles. The van der Waals surface area contributed by atoms with E-state index in [0.717, 1.165) is 42.5 Å². The Morgan fingerprint density at radius 1 is 0.914 bits per heavy atom. The lowest BCUT2D eigenvalue weighted by Crippen LogP contribution is -2.30. The number of unbranched alkanes of at least 4 members (excludes halogenated alkanes) is 3. The molecule has 1 atom stereocenters. The lowest BCUT2D eigenvalue weighted by Gasteiger charge is -2.22. The number of anilines is 1. The molecule has 0 heterocycles. The molecule has 0 amide bonds. The maximum Gasteiger partial charge on any atom is 0.335 e. The van der Waals surface area contributed by atoms with E-state index < -0.39 is 27.0 Å². The Kier molecular flexibility index (Phi) is 9.43. The van der Waals surface area contributed by atoms with Crippen LogP contribution in [0.2, 0.25) is 0 Å². The van der Waals surface area contributed by atoms with E-state index >= 15 is 0 Å². The average Bonchev–Trinajstić information content (AvgIpc) is 2.85. The Hall–Kier alpha value is -3.19. The highest BCUT2D eigenvalue weighted by atomic mass is 32.2. The molecule has 0 saturated heterocycles. The van der Waals surface area contributed by atoms with Crippen molar-refractivity contribution < 1.29 is 22.7 Å². The van der Waals surface area contributed by atoms with Gasteiger partial charge < -0.3 is 10.4 Å². The summed E-state index contributed by atoms with van der Waals surface area (Å²) >= 11 is 0. The molecule has 0 radical (unpaired) electrons. The molecule has 2 N–H and O–H groups in total. The Morgan fingerprint density at radius 3 is 2.26 bits per heavy atom. The van der Waals surface area contributed by atoms with E-state index in [1.807, 2.05) is 24.3 Å². The fraction of sp³-hybridized carbons (Fsp3) is 0.321. The van der Waals surface area contributed by atoms with Gasteiger partial charge in [0.1, 0.15) is 11.2 Å². The highest BCUT2D eigenvalue weighted by molar-refractivity contribution is 7.92. The van der Waals surface area contributed by atoms with Crippen LogP contribution in [0.25, 0.3) is 0 Å². The molecular formula is C28H32FNO4S. The zero-order chi connectivity index (χ0) is 25.3. The van der Waals surface area contributed by atoms with Gasteiger partial charge >= 0.3 is 5.97 Å². The van der Waals surface area contributed by atoms with Crippen LogP contribution < -0.4 is 5.32 Å². The molecule has 7 heteroatoms. The van der Waals surface area contributed by atoms with Gasteiger partial charge in [-0.15, -0.1) is 0 Å². The normalized spacial score (nSPS) is 12.3. The zero-order valence-electron chi connectivity index (χ0n) is 19.9. The van der Waals surface area contributed by atoms with E-state index in [4.69, 9.17) is 5.11 Å². The zero-order valence-corrected chi connectivity index (χ0v) is 20.7. The number of sulfone groups is 1. The Bertz CT molecular complexity index is 1210.